The highest BCUT2D eigenvalue weighted by atomic mass is 79.9. The molecule has 2 rings (SSSR count). The van der Waals surface area contributed by atoms with Gasteiger partial charge in [-0.25, -0.2) is 0 Å². The maximum atomic E-state index is 5.33. The van der Waals surface area contributed by atoms with Gasteiger partial charge in [-0.05, 0) is 44.0 Å². The fourth-order valence-corrected chi connectivity index (χ4v) is 3.79. The minimum Gasteiger partial charge on any atom is -0.480 e. The number of nitrogens with zero attached hydrogens (tertiary/aromatic N) is 2. The second kappa shape index (κ2) is 6.78. The third-order valence-corrected chi connectivity index (χ3v) is 5.14. The monoisotopic (exact) mass is 419 g/mol. The summed E-state index contributed by atoms with van der Waals surface area (Å²) in [4.78, 5) is 7.49. The summed E-state index contributed by atoms with van der Waals surface area (Å²) in [6.07, 6.45) is 0. The molecule has 0 aliphatic heterocycles. The second-order valence-electron chi connectivity index (χ2n) is 4.27. The highest BCUT2D eigenvalue weighted by Crippen LogP contribution is 2.34. The van der Waals surface area contributed by atoms with Gasteiger partial charge in [0.2, 0.25) is 5.88 Å². The summed E-state index contributed by atoms with van der Waals surface area (Å²) in [6, 6.07) is 5.99. The molecule has 1 aromatic heterocycles. The summed E-state index contributed by atoms with van der Waals surface area (Å²) in [5.41, 5.74) is 1.02. The van der Waals surface area contributed by atoms with Crippen molar-refractivity contribution in [2.45, 2.75) is 6.54 Å². The Bertz CT molecular complexity index is 581. The minimum absolute atomic E-state index is 0.663. The molecule has 2 aromatic rings. The first-order valence-electron chi connectivity index (χ1n) is 5.91. The maximum Gasteiger partial charge on any atom is 0.231 e. The average Bonchev–Trinajstić information content (AvgIpc) is 2.81. The molecule has 0 fully saturated rings. The lowest BCUT2D eigenvalue weighted by atomic mass is 10.3. The normalized spacial score (nSPS) is 10.4. The van der Waals surface area contributed by atoms with Crippen LogP contribution < -0.4 is 15.0 Å². The van der Waals surface area contributed by atoms with Crippen molar-refractivity contribution >= 4 is 54.0 Å². The first kappa shape index (κ1) is 15.6. The Kier molecular flexibility index (Phi) is 5.29. The van der Waals surface area contributed by atoms with Gasteiger partial charge in [0, 0.05) is 23.0 Å². The van der Waals surface area contributed by atoms with Crippen LogP contribution in [0.3, 0.4) is 0 Å². The molecule has 0 spiro atoms. The van der Waals surface area contributed by atoms with E-state index in [4.69, 9.17) is 4.74 Å². The number of para-hydroxylation sites is 1. The van der Waals surface area contributed by atoms with Crippen LogP contribution in [0, 0.1) is 0 Å². The number of hydrogen-bond acceptors (Lipinski definition) is 5. The molecule has 7 heteroatoms. The Balaban J connectivity index is 2.18. The molecule has 0 bridgehead atoms. The molecule has 0 saturated heterocycles. The third-order valence-electron chi connectivity index (χ3n) is 2.61. The minimum atomic E-state index is 0.663. The Morgan fingerprint density at radius 1 is 1.30 bits per heavy atom. The van der Waals surface area contributed by atoms with E-state index in [-0.39, 0.29) is 0 Å². The molecule has 4 nitrogen and oxygen atoms in total. The largest absolute Gasteiger partial charge is 0.480 e. The van der Waals surface area contributed by atoms with Gasteiger partial charge >= 0.3 is 0 Å². The molecule has 0 radical (unpaired) electrons. The molecule has 0 aliphatic carbocycles. The number of rotatable bonds is 5. The number of methoxy groups -OCH3 is 1. The smallest absolute Gasteiger partial charge is 0.231 e. The highest BCUT2D eigenvalue weighted by Gasteiger charge is 2.14. The van der Waals surface area contributed by atoms with E-state index in [0.717, 1.165) is 24.6 Å². The van der Waals surface area contributed by atoms with Gasteiger partial charge in [0.1, 0.15) is 0 Å². The lowest BCUT2D eigenvalue weighted by Gasteiger charge is -2.10. The van der Waals surface area contributed by atoms with E-state index in [2.05, 4.69) is 42.2 Å². The molecule has 1 heterocycles. The van der Waals surface area contributed by atoms with Crippen LogP contribution in [-0.4, -0.2) is 26.2 Å². The predicted molar refractivity (Wildman–Crippen MR) is 92.2 cm³/mol. The van der Waals surface area contributed by atoms with E-state index in [9.17, 15) is 0 Å². The second-order valence-corrected chi connectivity index (χ2v) is 7.04. The van der Waals surface area contributed by atoms with Crippen LogP contribution in [0.4, 0.5) is 10.8 Å². The fourth-order valence-electron chi connectivity index (χ4n) is 1.62. The van der Waals surface area contributed by atoms with E-state index in [1.807, 2.05) is 37.2 Å². The van der Waals surface area contributed by atoms with Gasteiger partial charge in [0.05, 0.1) is 24.2 Å². The third kappa shape index (κ3) is 3.45. The molecule has 1 N–H and O–H groups in total. The Morgan fingerprint density at radius 2 is 1.95 bits per heavy atom. The summed E-state index contributed by atoms with van der Waals surface area (Å²) in [6.45, 7) is 0.663. The van der Waals surface area contributed by atoms with E-state index in [1.54, 1.807) is 18.4 Å². The lowest BCUT2D eigenvalue weighted by molar-refractivity contribution is 0.397. The van der Waals surface area contributed by atoms with Crippen molar-refractivity contribution in [3.8, 4) is 5.88 Å². The van der Waals surface area contributed by atoms with Crippen molar-refractivity contribution in [2.24, 2.45) is 0 Å². The Labute approximate surface area is 139 Å². The molecule has 0 atom stereocenters. The Hall–Kier alpha value is -0.790. The van der Waals surface area contributed by atoms with Crippen LogP contribution in [0.5, 0.6) is 5.88 Å². The predicted octanol–water partition coefficient (Wildman–Crippen LogP) is 4.35. The molecule has 20 heavy (non-hydrogen) atoms. The van der Waals surface area contributed by atoms with Crippen LogP contribution in [0.25, 0.3) is 0 Å². The van der Waals surface area contributed by atoms with Crippen molar-refractivity contribution in [3.63, 3.8) is 0 Å². The number of thiazole rings is 1. The molecule has 0 aliphatic rings. The van der Waals surface area contributed by atoms with Gasteiger partial charge in [-0.3, -0.25) is 0 Å². The summed E-state index contributed by atoms with van der Waals surface area (Å²) in [5.74, 6) is 0.675. The molecule has 108 valence electrons. The van der Waals surface area contributed by atoms with Crippen LogP contribution in [0.1, 0.15) is 4.88 Å². The van der Waals surface area contributed by atoms with E-state index < -0.39 is 0 Å². The van der Waals surface area contributed by atoms with Crippen molar-refractivity contribution in [3.05, 3.63) is 32.0 Å². The van der Waals surface area contributed by atoms with Gasteiger partial charge in [0.25, 0.3) is 0 Å². The SMILES string of the molecule is COc1nc(N(C)C)sc1CNc1c(Br)cccc1Br. The van der Waals surface area contributed by atoms with Gasteiger partial charge in [-0.2, -0.15) is 4.98 Å². The molecular formula is C13H15Br2N3OS. The molecule has 0 saturated carbocycles. The summed E-state index contributed by atoms with van der Waals surface area (Å²) in [7, 11) is 5.59. The zero-order valence-corrected chi connectivity index (χ0v) is 15.4. The van der Waals surface area contributed by atoms with Crippen molar-refractivity contribution in [1.82, 2.24) is 4.98 Å². The van der Waals surface area contributed by atoms with E-state index in [1.165, 1.54) is 0 Å². The number of anilines is 2. The standard InChI is InChI=1S/C13H15Br2N3OS/c1-18(2)13-17-12(19-3)10(20-13)7-16-11-8(14)5-4-6-9(11)15/h4-6,16H,7H2,1-3H3. The average molecular weight is 421 g/mol. The molecular weight excluding hydrogens is 406 g/mol. The van der Waals surface area contributed by atoms with E-state index >= 15 is 0 Å². The quantitative estimate of drug-likeness (QED) is 0.779. The topological polar surface area (TPSA) is 37.4 Å². The van der Waals surface area contributed by atoms with Crippen LogP contribution in [0.2, 0.25) is 0 Å². The Morgan fingerprint density at radius 3 is 2.50 bits per heavy atom. The zero-order valence-electron chi connectivity index (χ0n) is 11.4. The van der Waals surface area contributed by atoms with Crippen LogP contribution in [-0.2, 0) is 6.54 Å². The summed E-state index contributed by atoms with van der Waals surface area (Å²) >= 11 is 8.70. The van der Waals surface area contributed by atoms with Crippen molar-refractivity contribution in [1.29, 1.82) is 0 Å². The number of hydrogen-bond donors (Lipinski definition) is 1. The summed E-state index contributed by atoms with van der Waals surface area (Å²) < 4.78 is 7.37. The van der Waals surface area contributed by atoms with Crippen molar-refractivity contribution in [2.75, 3.05) is 31.4 Å². The molecule has 0 unspecified atom stereocenters. The number of aromatic nitrogens is 1. The van der Waals surface area contributed by atoms with Gasteiger partial charge in [0.15, 0.2) is 5.13 Å². The van der Waals surface area contributed by atoms with E-state index in [0.29, 0.717) is 12.4 Å². The zero-order chi connectivity index (χ0) is 14.7. The number of halogens is 2. The van der Waals surface area contributed by atoms with Crippen LogP contribution in [0.15, 0.2) is 27.1 Å². The van der Waals surface area contributed by atoms with Crippen molar-refractivity contribution < 1.29 is 4.74 Å². The van der Waals surface area contributed by atoms with Crippen LogP contribution >= 0.6 is 43.2 Å². The molecule has 0 amide bonds. The fraction of sp³-hybridized carbons (Fsp3) is 0.308. The summed E-state index contributed by atoms with van der Waals surface area (Å²) in [5, 5.41) is 4.34. The van der Waals surface area contributed by atoms with Gasteiger partial charge < -0.3 is 15.0 Å². The first-order valence-corrected chi connectivity index (χ1v) is 8.32. The van der Waals surface area contributed by atoms with Gasteiger partial charge in [-0.1, -0.05) is 17.4 Å². The maximum absolute atomic E-state index is 5.33. The number of ether oxygens (including phenoxy) is 1. The number of nitrogens with one attached hydrogen (secondary N) is 1. The van der Waals surface area contributed by atoms with Gasteiger partial charge in [-0.15, -0.1) is 0 Å². The lowest BCUT2D eigenvalue weighted by Crippen LogP contribution is -2.07. The highest BCUT2D eigenvalue weighted by molar-refractivity contribution is 9.11. The first-order chi connectivity index (χ1) is 9.52. The molecule has 1 aromatic carbocycles. The number of benzene rings is 1.